The molecule has 2 aromatic carbocycles. The molecule has 0 aliphatic carbocycles. The highest BCUT2D eigenvalue weighted by atomic mass is 79.9. The quantitative estimate of drug-likeness (QED) is 0.425. The second-order valence-electron chi connectivity index (χ2n) is 4.56. The van der Waals surface area contributed by atoms with E-state index in [2.05, 4.69) is 38.0 Å². The number of rotatable bonds is 3. The molecule has 25 heavy (non-hydrogen) atoms. The van der Waals surface area contributed by atoms with Gasteiger partial charge in [-0.25, -0.2) is 9.59 Å². The van der Waals surface area contributed by atoms with Crippen LogP contribution in [0.5, 0.6) is 5.75 Å². The molecule has 10 heteroatoms. The number of hydrogen-bond acceptors (Lipinski definition) is 4. The van der Waals surface area contributed by atoms with Crippen LogP contribution >= 0.6 is 15.9 Å². The molecule has 132 valence electrons. The number of aromatic hydroxyl groups is 1. The molecule has 0 aromatic heterocycles. The topological polar surface area (TPSA) is 174 Å². The number of carbonyl (C=O) groups is 3. The molecule has 0 spiro atoms. The van der Waals surface area contributed by atoms with Gasteiger partial charge in [-0.15, -0.1) is 0 Å². The largest absolute Gasteiger partial charge is 0.506 e. The van der Waals surface area contributed by atoms with Crippen molar-refractivity contribution in [1.82, 2.24) is 0 Å². The van der Waals surface area contributed by atoms with Crippen LogP contribution in [0.25, 0.3) is 0 Å². The van der Waals surface area contributed by atoms with Gasteiger partial charge in [0.2, 0.25) is 5.91 Å². The zero-order valence-corrected chi connectivity index (χ0v) is 14.4. The third kappa shape index (κ3) is 6.79. The first-order valence-corrected chi connectivity index (χ1v) is 7.50. The van der Waals surface area contributed by atoms with E-state index in [1.807, 2.05) is 6.07 Å². The van der Waals surface area contributed by atoms with Gasteiger partial charge in [0.15, 0.2) is 0 Å². The Morgan fingerprint density at radius 2 is 1.48 bits per heavy atom. The molecule has 0 heterocycles. The molecule has 0 saturated heterocycles. The van der Waals surface area contributed by atoms with E-state index < -0.39 is 18.0 Å². The lowest BCUT2D eigenvalue weighted by Crippen LogP contribution is -2.20. The van der Waals surface area contributed by atoms with Gasteiger partial charge >= 0.3 is 12.1 Å². The highest BCUT2D eigenvalue weighted by Crippen LogP contribution is 2.25. The van der Waals surface area contributed by atoms with E-state index in [1.54, 1.807) is 18.2 Å². The zero-order valence-electron chi connectivity index (χ0n) is 12.8. The second-order valence-corrected chi connectivity index (χ2v) is 5.41. The Labute approximate surface area is 151 Å². The van der Waals surface area contributed by atoms with Crippen LogP contribution in [0.4, 0.5) is 21.0 Å². The Kier molecular flexibility index (Phi) is 7.22. The number of amides is 5. The second kappa shape index (κ2) is 9.13. The number of para-hydroxylation sites is 1. The maximum absolute atomic E-state index is 11.9. The molecule has 0 fully saturated rings. The van der Waals surface area contributed by atoms with E-state index >= 15 is 0 Å². The van der Waals surface area contributed by atoms with Crippen LogP contribution in [0.15, 0.2) is 46.9 Å². The lowest BCUT2D eigenvalue weighted by molar-refractivity contribution is 0.1000. The summed E-state index contributed by atoms with van der Waals surface area (Å²) in [6.45, 7) is 0. The number of nitrogens with two attached hydrogens (primary N) is 3. The smallest absolute Gasteiger partial charge is 0.323 e. The van der Waals surface area contributed by atoms with E-state index in [1.165, 1.54) is 18.2 Å². The molecule has 0 radical (unpaired) electrons. The number of hydrogen-bond donors (Lipinski definition) is 6. The minimum Gasteiger partial charge on any atom is -0.506 e. The van der Waals surface area contributed by atoms with Crippen LogP contribution in [-0.2, 0) is 0 Å². The SMILES string of the molecule is NC(=O)c1ccc(NC(=O)Nc2ccccc2Br)c(O)c1.NC(N)=O. The van der Waals surface area contributed by atoms with Crippen molar-refractivity contribution >= 4 is 45.3 Å². The summed E-state index contributed by atoms with van der Waals surface area (Å²) in [5.41, 5.74) is 14.5. The van der Waals surface area contributed by atoms with E-state index in [-0.39, 0.29) is 17.0 Å². The molecule has 5 amide bonds. The van der Waals surface area contributed by atoms with E-state index in [0.29, 0.717) is 5.69 Å². The van der Waals surface area contributed by atoms with Crippen LogP contribution in [0.3, 0.4) is 0 Å². The number of halogens is 1. The molecule has 0 aliphatic rings. The molecule has 0 unspecified atom stereocenters. The van der Waals surface area contributed by atoms with Crippen LogP contribution in [0, 0.1) is 0 Å². The molecule has 0 aliphatic heterocycles. The highest BCUT2D eigenvalue weighted by molar-refractivity contribution is 9.10. The molecule has 9 nitrogen and oxygen atoms in total. The summed E-state index contributed by atoms with van der Waals surface area (Å²) >= 11 is 3.31. The first-order chi connectivity index (χ1) is 11.7. The summed E-state index contributed by atoms with van der Waals surface area (Å²) in [5, 5.41) is 14.9. The van der Waals surface area contributed by atoms with E-state index in [0.717, 1.165) is 4.47 Å². The third-order valence-corrected chi connectivity index (χ3v) is 3.34. The molecular formula is C15H16BrN5O4. The number of nitrogens with one attached hydrogen (secondary N) is 2. The fourth-order valence-electron chi connectivity index (χ4n) is 1.63. The van der Waals surface area contributed by atoms with Crippen LogP contribution in [0.2, 0.25) is 0 Å². The molecule has 0 bridgehead atoms. The Morgan fingerprint density at radius 1 is 0.920 bits per heavy atom. The van der Waals surface area contributed by atoms with Crippen LogP contribution < -0.4 is 27.8 Å². The molecule has 2 rings (SSSR count). The zero-order chi connectivity index (χ0) is 19.0. The maximum atomic E-state index is 11.9. The van der Waals surface area contributed by atoms with Crippen molar-refractivity contribution in [3.63, 3.8) is 0 Å². The summed E-state index contributed by atoms with van der Waals surface area (Å²) in [5.74, 6) is -0.900. The predicted octanol–water partition coefficient (Wildman–Crippen LogP) is 1.92. The summed E-state index contributed by atoms with van der Waals surface area (Å²) < 4.78 is 0.730. The van der Waals surface area contributed by atoms with Crippen LogP contribution in [0.1, 0.15) is 10.4 Å². The number of anilines is 2. The van der Waals surface area contributed by atoms with Crippen molar-refractivity contribution in [2.75, 3.05) is 10.6 Å². The normalized spacial score (nSPS) is 9.32. The minimum atomic E-state index is -0.833. The molecule has 0 saturated carbocycles. The first kappa shape index (κ1) is 19.8. The van der Waals surface area contributed by atoms with Gasteiger partial charge in [-0.2, -0.15) is 0 Å². The fourth-order valence-corrected chi connectivity index (χ4v) is 2.01. The number of urea groups is 2. The average molecular weight is 410 g/mol. The molecular weight excluding hydrogens is 394 g/mol. The van der Waals surface area contributed by atoms with Gasteiger partial charge in [0.1, 0.15) is 5.75 Å². The average Bonchev–Trinajstić information content (AvgIpc) is 2.51. The van der Waals surface area contributed by atoms with Crippen molar-refractivity contribution in [3.8, 4) is 5.75 Å². The van der Waals surface area contributed by atoms with Crippen LogP contribution in [-0.4, -0.2) is 23.1 Å². The molecule has 9 N–H and O–H groups in total. The van der Waals surface area contributed by atoms with Gasteiger partial charge in [-0.05, 0) is 46.3 Å². The number of benzene rings is 2. The summed E-state index contributed by atoms with van der Waals surface area (Å²) in [7, 11) is 0. The van der Waals surface area contributed by atoms with Gasteiger partial charge in [0.25, 0.3) is 0 Å². The summed E-state index contributed by atoms with van der Waals surface area (Å²) in [6.07, 6.45) is 0. The highest BCUT2D eigenvalue weighted by Gasteiger charge is 2.10. The van der Waals surface area contributed by atoms with Crippen molar-refractivity contribution < 1.29 is 19.5 Å². The number of phenolic OH excluding ortho intramolecular Hbond substituents is 1. The number of phenols is 1. The molecule has 0 atom stereocenters. The van der Waals surface area contributed by atoms with Gasteiger partial charge < -0.3 is 32.9 Å². The Balaban J connectivity index is 0.000000705. The van der Waals surface area contributed by atoms with Gasteiger partial charge in [-0.1, -0.05) is 12.1 Å². The third-order valence-electron chi connectivity index (χ3n) is 2.65. The Hall–Kier alpha value is -3.27. The van der Waals surface area contributed by atoms with Gasteiger partial charge in [0.05, 0.1) is 11.4 Å². The minimum absolute atomic E-state index is 0.157. The first-order valence-electron chi connectivity index (χ1n) is 6.71. The van der Waals surface area contributed by atoms with Crippen molar-refractivity contribution in [3.05, 3.63) is 52.5 Å². The standard InChI is InChI=1S/C14H12BrN3O3.CH4N2O/c15-9-3-1-2-4-10(9)17-14(21)18-11-6-5-8(13(16)20)7-12(11)19;2-1(3)4/h1-7,19H,(H2,16,20)(H2,17,18,21);(H4,2,3,4). The summed E-state index contributed by atoms with van der Waals surface area (Å²) in [6, 6.07) is 9.75. The van der Waals surface area contributed by atoms with Gasteiger partial charge in [-0.3, -0.25) is 4.79 Å². The maximum Gasteiger partial charge on any atom is 0.323 e. The lowest BCUT2D eigenvalue weighted by atomic mass is 10.2. The predicted molar refractivity (Wildman–Crippen MR) is 97.2 cm³/mol. The monoisotopic (exact) mass is 409 g/mol. The van der Waals surface area contributed by atoms with E-state index in [4.69, 9.17) is 10.5 Å². The van der Waals surface area contributed by atoms with Crippen molar-refractivity contribution in [2.24, 2.45) is 17.2 Å². The van der Waals surface area contributed by atoms with Gasteiger partial charge in [0, 0.05) is 10.0 Å². The van der Waals surface area contributed by atoms with E-state index in [9.17, 15) is 14.7 Å². The van der Waals surface area contributed by atoms with Crippen molar-refractivity contribution in [2.45, 2.75) is 0 Å². The number of primary amides is 3. The fraction of sp³-hybridized carbons (Fsp3) is 0. The Morgan fingerprint density at radius 3 is 2.00 bits per heavy atom. The van der Waals surface area contributed by atoms with Crippen molar-refractivity contribution in [1.29, 1.82) is 0 Å². The number of carbonyl (C=O) groups excluding carboxylic acids is 3. The summed E-state index contributed by atoms with van der Waals surface area (Å²) in [4.78, 5) is 31.8. The lowest BCUT2D eigenvalue weighted by Gasteiger charge is -2.10. The molecule has 2 aromatic rings. The Bertz CT molecular complexity index is 793.